The number of para-hydroxylation sites is 1. The standard InChI is InChI=1S/C9H8BrF2NO/c10-6-3-1-2-5-8(6)14-4-7(13)9(5,11)12/h1-3,7H,4,13H2. The Bertz CT molecular complexity index is 370. The Balaban J connectivity index is 2.59. The minimum atomic E-state index is -3.02. The first-order chi connectivity index (χ1) is 6.53. The molecule has 14 heavy (non-hydrogen) atoms. The van der Waals surface area contributed by atoms with Crippen molar-refractivity contribution in [2.45, 2.75) is 12.0 Å². The van der Waals surface area contributed by atoms with Crippen molar-refractivity contribution in [1.29, 1.82) is 0 Å². The molecular weight excluding hydrogens is 256 g/mol. The lowest BCUT2D eigenvalue weighted by atomic mass is 9.99. The number of ether oxygens (including phenoxy) is 1. The number of rotatable bonds is 0. The average Bonchev–Trinajstić information content (AvgIpc) is 2.13. The highest BCUT2D eigenvalue weighted by molar-refractivity contribution is 9.10. The summed E-state index contributed by atoms with van der Waals surface area (Å²) < 4.78 is 32.8. The highest BCUT2D eigenvalue weighted by Crippen LogP contribution is 2.43. The quantitative estimate of drug-likeness (QED) is 0.780. The lowest BCUT2D eigenvalue weighted by molar-refractivity contribution is -0.0597. The Labute approximate surface area is 88.2 Å². The maximum absolute atomic E-state index is 13.5. The van der Waals surface area contributed by atoms with E-state index in [0.717, 1.165) is 0 Å². The van der Waals surface area contributed by atoms with E-state index in [1.807, 2.05) is 0 Å². The van der Waals surface area contributed by atoms with Crippen LogP contribution in [0.1, 0.15) is 5.56 Å². The molecule has 0 saturated heterocycles. The van der Waals surface area contributed by atoms with E-state index in [9.17, 15) is 8.78 Å². The fourth-order valence-corrected chi connectivity index (χ4v) is 1.88. The Hall–Kier alpha value is -0.680. The van der Waals surface area contributed by atoms with Crippen LogP contribution in [-0.4, -0.2) is 12.6 Å². The second kappa shape index (κ2) is 3.17. The van der Waals surface area contributed by atoms with Gasteiger partial charge in [-0.25, -0.2) is 0 Å². The summed E-state index contributed by atoms with van der Waals surface area (Å²) in [5, 5.41) is 0. The van der Waals surface area contributed by atoms with Gasteiger partial charge >= 0.3 is 0 Å². The normalized spacial score (nSPS) is 23.9. The van der Waals surface area contributed by atoms with Crippen molar-refractivity contribution in [1.82, 2.24) is 0 Å². The number of hydrogen-bond acceptors (Lipinski definition) is 2. The lowest BCUT2D eigenvalue weighted by Crippen LogP contribution is -2.46. The molecule has 0 aromatic heterocycles. The number of nitrogens with two attached hydrogens (primary N) is 1. The van der Waals surface area contributed by atoms with Crippen molar-refractivity contribution in [2.24, 2.45) is 5.73 Å². The third-order valence-corrected chi connectivity index (χ3v) is 2.82. The van der Waals surface area contributed by atoms with Crippen LogP contribution in [-0.2, 0) is 5.92 Å². The molecule has 1 aromatic rings. The van der Waals surface area contributed by atoms with E-state index < -0.39 is 12.0 Å². The molecule has 1 heterocycles. The van der Waals surface area contributed by atoms with Crippen molar-refractivity contribution in [3.05, 3.63) is 28.2 Å². The van der Waals surface area contributed by atoms with Crippen LogP contribution >= 0.6 is 15.9 Å². The van der Waals surface area contributed by atoms with Gasteiger partial charge in [0, 0.05) is 0 Å². The van der Waals surface area contributed by atoms with E-state index in [0.29, 0.717) is 4.47 Å². The van der Waals surface area contributed by atoms with Gasteiger partial charge < -0.3 is 10.5 Å². The van der Waals surface area contributed by atoms with Crippen LogP contribution < -0.4 is 10.5 Å². The van der Waals surface area contributed by atoms with Gasteiger partial charge in [0.15, 0.2) is 0 Å². The van der Waals surface area contributed by atoms with Crippen LogP contribution in [0.5, 0.6) is 5.75 Å². The summed E-state index contributed by atoms with van der Waals surface area (Å²) in [4.78, 5) is 0. The minimum absolute atomic E-state index is 0.148. The molecule has 5 heteroatoms. The Morgan fingerprint density at radius 2 is 2.21 bits per heavy atom. The smallest absolute Gasteiger partial charge is 0.294 e. The molecule has 1 atom stereocenters. The summed E-state index contributed by atoms with van der Waals surface area (Å²) in [7, 11) is 0. The van der Waals surface area contributed by atoms with Gasteiger partial charge in [0.05, 0.1) is 10.0 Å². The Kier molecular flexibility index (Phi) is 2.23. The zero-order valence-electron chi connectivity index (χ0n) is 7.14. The maximum atomic E-state index is 13.5. The molecule has 0 fully saturated rings. The van der Waals surface area contributed by atoms with Gasteiger partial charge in [-0.05, 0) is 28.1 Å². The molecule has 1 unspecified atom stereocenters. The number of fused-ring (bicyclic) bond motifs is 1. The van der Waals surface area contributed by atoms with E-state index in [1.54, 1.807) is 6.07 Å². The summed E-state index contributed by atoms with van der Waals surface area (Å²) in [5.41, 5.74) is 5.14. The second-order valence-electron chi connectivity index (χ2n) is 3.16. The predicted molar refractivity (Wildman–Crippen MR) is 51.5 cm³/mol. The third kappa shape index (κ3) is 1.31. The fourth-order valence-electron chi connectivity index (χ4n) is 1.40. The SMILES string of the molecule is NC1COc2c(Br)cccc2C1(F)F. The molecule has 0 saturated carbocycles. The van der Waals surface area contributed by atoms with Crippen molar-refractivity contribution in [3.8, 4) is 5.75 Å². The molecule has 2 nitrogen and oxygen atoms in total. The van der Waals surface area contributed by atoms with Gasteiger partial charge in [-0.3, -0.25) is 0 Å². The van der Waals surface area contributed by atoms with Gasteiger partial charge in [-0.15, -0.1) is 0 Å². The highest BCUT2D eigenvalue weighted by atomic mass is 79.9. The predicted octanol–water partition coefficient (Wildman–Crippen LogP) is 2.26. The minimum Gasteiger partial charge on any atom is -0.490 e. The van der Waals surface area contributed by atoms with Crippen LogP contribution in [0.3, 0.4) is 0 Å². The van der Waals surface area contributed by atoms with Gasteiger partial charge in [0.2, 0.25) is 0 Å². The van der Waals surface area contributed by atoms with E-state index in [-0.39, 0.29) is 17.9 Å². The van der Waals surface area contributed by atoms with Gasteiger partial charge in [0.1, 0.15) is 18.4 Å². The molecule has 2 rings (SSSR count). The average molecular weight is 264 g/mol. The Morgan fingerprint density at radius 3 is 2.93 bits per heavy atom. The molecule has 0 amide bonds. The topological polar surface area (TPSA) is 35.2 Å². The van der Waals surface area contributed by atoms with Crippen LogP contribution in [0, 0.1) is 0 Å². The third-order valence-electron chi connectivity index (χ3n) is 2.20. The summed E-state index contributed by atoms with van der Waals surface area (Å²) >= 11 is 3.15. The van der Waals surface area contributed by atoms with Crippen molar-refractivity contribution in [2.75, 3.05) is 6.61 Å². The summed E-state index contributed by atoms with van der Waals surface area (Å²) in [6.07, 6.45) is 0. The van der Waals surface area contributed by atoms with Crippen LogP contribution in [0.4, 0.5) is 8.78 Å². The van der Waals surface area contributed by atoms with E-state index in [2.05, 4.69) is 15.9 Å². The largest absolute Gasteiger partial charge is 0.490 e. The van der Waals surface area contributed by atoms with E-state index in [4.69, 9.17) is 10.5 Å². The second-order valence-corrected chi connectivity index (χ2v) is 4.01. The van der Waals surface area contributed by atoms with Crippen molar-refractivity contribution in [3.63, 3.8) is 0 Å². The van der Waals surface area contributed by atoms with Gasteiger partial charge in [0.25, 0.3) is 5.92 Å². The molecule has 0 spiro atoms. The zero-order valence-corrected chi connectivity index (χ0v) is 8.72. The first-order valence-electron chi connectivity index (χ1n) is 4.08. The van der Waals surface area contributed by atoms with Gasteiger partial charge in [-0.1, -0.05) is 6.07 Å². The van der Waals surface area contributed by atoms with Crippen LogP contribution in [0.25, 0.3) is 0 Å². The van der Waals surface area contributed by atoms with Crippen LogP contribution in [0.2, 0.25) is 0 Å². The van der Waals surface area contributed by atoms with Crippen LogP contribution in [0.15, 0.2) is 22.7 Å². The van der Waals surface area contributed by atoms with E-state index in [1.165, 1.54) is 12.1 Å². The van der Waals surface area contributed by atoms with E-state index >= 15 is 0 Å². The van der Waals surface area contributed by atoms with Crippen molar-refractivity contribution >= 4 is 15.9 Å². The molecular formula is C9H8BrF2NO. The number of alkyl halides is 2. The molecule has 0 bridgehead atoms. The zero-order chi connectivity index (χ0) is 10.3. The number of benzene rings is 1. The molecule has 1 aromatic carbocycles. The number of hydrogen-bond donors (Lipinski definition) is 1. The molecule has 0 aliphatic carbocycles. The molecule has 0 radical (unpaired) electrons. The van der Waals surface area contributed by atoms with Gasteiger partial charge in [-0.2, -0.15) is 8.78 Å². The first-order valence-corrected chi connectivity index (χ1v) is 4.88. The molecule has 76 valence electrons. The number of halogens is 3. The lowest BCUT2D eigenvalue weighted by Gasteiger charge is -2.31. The summed E-state index contributed by atoms with van der Waals surface area (Å²) in [6, 6.07) is 3.26. The monoisotopic (exact) mass is 263 g/mol. The maximum Gasteiger partial charge on any atom is 0.294 e. The summed E-state index contributed by atoms with van der Waals surface area (Å²) in [6.45, 7) is -0.164. The fraction of sp³-hybridized carbons (Fsp3) is 0.333. The molecule has 2 N–H and O–H groups in total. The Morgan fingerprint density at radius 1 is 1.50 bits per heavy atom. The van der Waals surface area contributed by atoms with Crippen molar-refractivity contribution < 1.29 is 13.5 Å². The molecule has 1 aliphatic heterocycles. The first kappa shape index (κ1) is 9.86. The highest BCUT2D eigenvalue weighted by Gasteiger charge is 2.45. The summed E-state index contributed by atoms with van der Waals surface area (Å²) in [5.74, 6) is -2.82. The molecule has 1 aliphatic rings.